The van der Waals surface area contributed by atoms with Gasteiger partial charge in [-0.05, 0) is 23.8 Å². The highest BCUT2D eigenvalue weighted by atomic mass is 16.5. The SMILES string of the molecule is CC1(C)[C@@H]2CC[C@@]1(C)[C@@H]1OC(=O)[C@@H](Cc3ccccc3)N=C21. The maximum Gasteiger partial charge on any atom is 0.331 e. The molecule has 2 bridgehead atoms. The lowest BCUT2D eigenvalue weighted by molar-refractivity contribution is -0.155. The first-order chi connectivity index (χ1) is 10.4. The van der Waals surface area contributed by atoms with E-state index in [2.05, 4.69) is 20.8 Å². The Kier molecular flexibility index (Phi) is 2.82. The Morgan fingerprint density at radius 1 is 1.23 bits per heavy atom. The first-order valence-electron chi connectivity index (χ1n) is 8.25. The monoisotopic (exact) mass is 297 g/mol. The van der Waals surface area contributed by atoms with Crippen molar-refractivity contribution in [3.8, 4) is 0 Å². The van der Waals surface area contributed by atoms with Crippen molar-refractivity contribution in [3.05, 3.63) is 35.9 Å². The molecule has 1 aromatic rings. The van der Waals surface area contributed by atoms with Gasteiger partial charge in [-0.15, -0.1) is 0 Å². The molecular weight excluding hydrogens is 274 g/mol. The average molecular weight is 297 g/mol. The van der Waals surface area contributed by atoms with Gasteiger partial charge in [-0.3, -0.25) is 4.99 Å². The summed E-state index contributed by atoms with van der Waals surface area (Å²) in [4.78, 5) is 17.3. The molecule has 1 aliphatic heterocycles. The lowest BCUT2D eigenvalue weighted by Crippen LogP contribution is -2.47. The van der Waals surface area contributed by atoms with Crippen LogP contribution in [0.2, 0.25) is 0 Å². The third-order valence-electron chi connectivity index (χ3n) is 6.58. The summed E-state index contributed by atoms with van der Waals surface area (Å²) in [5.41, 5.74) is 2.50. The number of nitrogens with zero attached hydrogens (tertiary/aromatic N) is 1. The molecule has 3 nitrogen and oxygen atoms in total. The molecule has 4 atom stereocenters. The van der Waals surface area contributed by atoms with Gasteiger partial charge in [0.1, 0.15) is 6.10 Å². The van der Waals surface area contributed by atoms with Gasteiger partial charge in [0.15, 0.2) is 6.04 Å². The van der Waals surface area contributed by atoms with Gasteiger partial charge in [-0.2, -0.15) is 0 Å². The number of rotatable bonds is 2. The van der Waals surface area contributed by atoms with Gasteiger partial charge < -0.3 is 4.74 Å². The van der Waals surface area contributed by atoms with Crippen molar-refractivity contribution in [2.24, 2.45) is 21.7 Å². The standard InChI is InChI=1S/C19H23NO2/c1-18(2)13-9-10-19(18,3)16-15(13)20-14(17(21)22-16)11-12-7-5-4-6-8-12/h4-8,13-14,16H,9-11H2,1-3H3/t13-,14-,16-,19+/m1/s1. The maximum absolute atomic E-state index is 12.4. The molecule has 1 heterocycles. The minimum Gasteiger partial charge on any atom is -0.454 e. The molecule has 3 heteroatoms. The maximum atomic E-state index is 12.4. The van der Waals surface area contributed by atoms with Crippen LogP contribution in [0.5, 0.6) is 0 Å². The summed E-state index contributed by atoms with van der Waals surface area (Å²) in [5, 5.41) is 0. The molecule has 22 heavy (non-hydrogen) atoms. The fourth-order valence-electron chi connectivity index (χ4n) is 4.76. The van der Waals surface area contributed by atoms with E-state index in [1.165, 1.54) is 6.42 Å². The molecule has 0 aromatic heterocycles. The minimum absolute atomic E-state index is 0.0455. The minimum atomic E-state index is -0.368. The molecule has 3 aliphatic rings. The van der Waals surface area contributed by atoms with Gasteiger partial charge in [0.2, 0.25) is 0 Å². The predicted octanol–water partition coefficient (Wildman–Crippen LogP) is 3.42. The number of hydrogen-bond acceptors (Lipinski definition) is 3. The van der Waals surface area contributed by atoms with Crippen LogP contribution in [0.25, 0.3) is 0 Å². The Labute approximate surface area is 131 Å². The Morgan fingerprint density at radius 3 is 2.68 bits per heavy atom. The molecule has 4 rings (SSSR count). The van der Waals surface area contributed by atoms with Crippen LogP contribution < -0.4 is 0 Å². The van der Waals surface area contributed by atoms with Crippen molar-refractivity contribution in [1.29, 1.82) is 0 Å². The van der Waals surface area contributed by atoms with Crippen LogP contribution >= 0.6 is 0 Å². The van der Waals surface area contributed by atoms with Crippen LogP contribution in [0, 0.1) is 16.7 Å². The summed E-state index contributed by atoms with van der Waals surface area (Å²) in [7, 11) is 0. The molecule has 0 saturated heterocycles. The van der Waals surface area contributed by atoms with E-state index in [9.17, 15) is 4.79 Å². The molecule has 0 spiro atoms. The van der Waals surface area contributed by atoms with Crippen LogP contribution in [-0.2, 0) is 16.0 Å². The number of fused-ring (bicyclic) bond motifs is 5. The van der Waals surface area contributed by atoms with E-state index in [0.717, 1.165) is 17.7 Å². The van der Waals surface area contributed by atoms with Crippen LogP contribution in [-0.4, -0.2) is 23.8 Å². The first-order valence-corrected chi connectivity index (χ1v) is 8.25. The normalized spacial score (nSPS) is 38.4. The molecule has 0 unspecified atom stereocenters. The van der Waals surface area contributed by atoms with Crippen molar-refractivity contribution in [3.63, 3.8) is 0 Å². The topological polar surface area (TPSA) is 38.7 Å². The summed E-state index contributed by atoms with van der Waals surface area (Å²) < 4.78 is 5.90. The number of ether oxygens (including phenoxy) is 1. The molecule has 116 valence electrons. The van der Waals surface area contributed by atoms with Crippen LogP contribution in [0.3, 0.4) is 0 Å². The number of esters is 1. The van der Waals surface area contributed by atoms with E-state index in [1.54, 1.807) is 0 Å². The highest BCUT2D eigenvalue weighted by molar-refractivity contribution is 6.01. The van der Waals surface area contributed by atoms with Crippen molar-refractivity contribution in [2.75, 3.05) is 0 Å². The fourth-order valence-corrected chi connectivity index (χ4v) is 4.76. The van der Waals surface area contributed by atoms with E-state index in [1.807, 2.05) is 30.3 Å². The molecule has 0 N–H and O–H groups in total. The van der Waals surface area contributed by atoms with Crippen molar-refractivity contribution >= 4 is 11.7 Å². The zero-order valence-corrected chi connectivity index (χ0v) is 13.5. The Morgan fingerprint density at radius 2 is 1.95 bits per heavy atom. The fraction of sp³-hybridized carbons (Fsp3) is 0.579. The highest BCUT2D eigenvalue weighted by Crippen LogP contribution is 2.65. The van der Waals surface area contributed by atoms with E-state index >= 15 is 0 Å². The quantitative estimate of drug-likeness (QED) is 0.785. The van der Waals surface area contributed by atoms with Crippen LogP contribution in [0.1, 0.15) is 39.2 Å². The molecule has 0 radical (unpaired) electrons. The smallest absolute Gasteiger partial charge is 0.331 e. The van der Waals surface area contributed by atoms with Gasteiger partial charge in [-0.25, -0.2) is 4.79 Å². The summed E-state index contributed by atoms with van der Waals surface area (Å²) >= 11 is 0. The second-order valence-corrected chi connectivity index (χ2v) is 7.81. The third kappa shape index (κ3) is 1.68. The number of carbonyl (C=O) groups excluding carboxylic acids is 1. The lowest BCUT2D eigenvalue weighted by Gasteiger charge is -2.39. The molecular formula is C19H23NO2. The molecule has 1 aromatic carbocycles. The Bertz CT molecular complexity index is 649. The van der Waals surface area contributed by atoms with Crippen molar-refractivity contribution in [1.82, 2.24) is 0 Å². The summed E-state index contributed by atoms with van der Waals surface area (Å²) in [6.45, 7) is 6.89. The van der Waals surface area contributed by atoms with Gasteiger partial charge in [0, 0.05) is 17.8 Å². The summed E-state index contributed by atoms with van der Waals surface area (Å²) in [6.07, 6.45) is 2.85. The Balaban J connectivity index is 1.68. The van der Waals surface area contributed by atoms with Crippen molar-refractivity contribution in [2.45, 2.75) is 52.2 Å². The van der Waals surface area contributed by atoms with E-state index in [-0.39, 0.29) is 28.9 Å². The molecule has 2 aliphatic carbocycles. The van der Waals surface area contributed by atoms with Gasteiger partial charge in [-0.1, -0.05) is 51.1 Å². The van der Waals surface area contributed by atoms with E-state index < -0.39 is 0 Å². The lowest BCUT2D eigenvalue weighted by atomic mass is 9.70. The van der Waals surface area contributed by atoms with Gasteiger partial charge in [0.25, 0.3) is 0 Å². The van der Waals surface area contributed by atoms with Gasteiger partial charge >= 0.3 is 5.97 Å². The summed E-state index contributed by atoms with van der Waals surface area (Å²) in [5.74, 6) is 0.316. The number of aliphatic imine (C=N–C) groups is 1. The van der Waals surface area contributed by atoms with E-state index in [4.69, 9.17) is 9.73 Å². The number of carbonyl (C=O) groups is 1. The zero-order chi connectivity index (χ0) is 15.5. The zero-order valence-electron chi connectivity index (χ0n) is 13.5. The van der Waals surface area contributed by atoms with Gasteiger partial charge in [0.05, 0.1) is 5.71 Å². The van der Waals surface area contributed by atoms with Crippen LogP contribution in [0.15, 0.2) is 35.3 Å². The summed E-state index contributed by atoms with van der Waals surface area (Å²) in [6, 6.07) is 9.72. The molecule has 2 fully saturated rings. The second-order valence-electron chi connectivity index (χ2n) is 7.81. The first kappa shape index (κ1) is 14.0. The van der Waals surface area contributed by atoms with E-state index in [0.29, 0.717) is 12.3 Å². The molecule has 2 saturated carbocycles. The number of hydrogen-bond donors (Lipinski definition) is 0. The largest absolute Gasteiger partial charge is 0.454 e. The predicted molar refractivity (Wildman–Crippen MR) is 85.9 cm³/mol. The second kappa shape index (κ2) is 4.43. The number of benzene rings is 1. The van der Waals surface area contributed by atoms with Crippen molar-refractivity contribution < 1.29 is 9.53 Å². The third-order valence-corrected chi connectivity index (χ3v) is 6.58. The Hall–Kier alpha value is -1.64. The average Bonchev–Trinajstić information content (AvgIpc) is 2.81. The van der Waals surface area contributed by atoms with Crippen LogP contribution in [0.4, 0.5) is 0 Å². The highest BCUT2D eigenvalue weighted by Gasteiger charge is 2.67. The molecule has 0 amide bonds.